The fourth-order valence-electron chi connectivity index (χ4n) is 3.40. The Morgan fingerprint density at radius 2 is 1.32 bits per heavy atom. The molecule has 1 aromatic carbocycles. The van der Waals surface area contributed by atoms with Crippen LogP contribution in [0.5, 0.6) is 0 Å². The average Bonchev–Trinajstić information content (AvgIpc) is 3.19. The van der Waals surface area contributed by atoms with Gasteiger partial charge < -0.3 is 4.57 Å². The van der Waals surface area contributed by atoms with Gasteiger partial charge in [-0.15, -0.1) is 0 Å². The molecule has 3 aromatic heterocycles. The highest BCUT2D eigenvalue weighted by atomic mass is 15.1. The second kappa shape index (κ2) is 8.63. The number of aromatic nitrogens is 3. The summed E-state index contributed by atoms with van der Waals surface area (Å²) in [5, 5.41) is 0. The molecule has 0 aliphatic heterocycles. The standard InChI is InChI=1S/C24H24N4/c1-20-4-6-21(7-5-20)17-27(18-22-8-12-25-13-9-22)19-24-3-2-16-28(24)23-10-14-26-15-11-23/h2-16H,17-19H2,1H3. The van der Waals surface area contributed by atoms with E-state index in [0.717, 1.165) is 25.3 Å². The van der Waals surface area contributed by atoms with Crippen molar-refractivity contribution in [2.75, 3.05) is 0 Å². The second-order valence-electron chi connectivity index (χ2n) is 7.06. The van der Waals surface area contributed by atoms with Crippen LogP contribution < -0.4 is 0 Å². The van der Waals surface area contributed by atoms with E-state index >= 15 is 0 Å². The van der Waals surface area contributed by atoms with Crippen molar-refractivity contribution in [3.63, 3.8) is 0 Å². The zero-order valence-corrected chi connectivity index (χ0v) is 16.1. The van der Waals surface area contributed by atoms with Gasteiger partial charge in [0, 0.05) is 62.0 Å². The summed E-state index contributed by atoms with van der Waals surface area (Å²) in [5.74, 6) is 0. The van der Waals surface area contributed by atoms with Crippen LogP contribution in [-0.2, 0) is 19.6 Å². The molecule has 0 atom stereocenters. The van der Waals surface area contributed by atoms with Crippen LogP contribution in [0.25, 0.3) is 5.69 Å². The molecule has 0 amide bonds. The number of hydrogen-bond donors (Lipinski definition) is 0. The lowest BCUT2D eigenvalue weighted by Crippen LogP contribution is -2.23. The summed E-state index contributed by atoms with van der Waals surface area (Å²) in [5.41, 5.74) is 6.27. The first-order chi connectivity index (χ1) is 13.8. The second-order valence-corrected chi connectivity index (χ2v) is 7.06. The highest BCUT2D eigenvalue weighted by molar-refractivity contribution is 5.33. The van der Waals surface area contributed by atoms with Crippen LogP contribution in [0.4, 0.5) is 0 Å². The van der Waals surface area contributed by atoms with Crippen molar-refractivity contribution in [3.8, 4) is 5.69 Å². The minimum Gasteiger partial charge on any atom is -0.319 e. The van der Waals surface area contributed by atoms with Crippen LogP contribution in [0.1, 0.15) is 22.4 Å². The number of pyridine rings is 2. The van der Waals surface area contributed by atoms with Crippen LogP contribution in [-0.4, -0.2) is 19.4 Å². The summed E-state index contributed by atoms with van der Waals surface area (Å²) in [7, 11) is 0. The molecule has 3 heterocycles. The summed E-state index contributed by atoms with van der Waals surface area (Å²) in [4.78, 5) is 10.7. The van der Waals surface area contributed by atoms with Crippen molar-refractivity contribution >= 4 is 0 Å². The first kappa shape index (κ1) is 18.1. The Morgan fingerprint density at radius 3 is 2.00 bits per heavy atom. The predicted molar refractivity (Wildman–Crippen MR) is 112 cm³/mol. The number of hydrogen-bond acceptors (Lipinski definition) is 3. The maximum Gasteiger partial charge on any atom is 0.0483 e. The van der Waals surface area contributed by atoms with E-state index < -0.39 is 0 Å². The van der Waals surface area contributed by atoms with Crippen molar-refractivity contribution in [2.24, 2.45) is 0 Å². The fourth-order valence-corrected chi connectivity index (χ4v) is 3.40. The third-order valence-electron chi connectivity index (χ3n) is 4.84. The lowest BCUT2D eigenvalue weighted by Gasteiger charge is -2.23. The van der Waals surface area contributed by atoms with E-state index in [4.69, 9.17) is 0 Å². The minimum atomic E-state index is 0.853. The summed E-state index contributed by atoms with van der Waals surface area (Å²) in [6.45, 7) is 4.74. The van der Waals surface area contributed by atoms with Crippen molar-refractivity contribution in [1.82, 2.24) is 19.4 Å². The van der Waals surface area contributed by atoms with Gasteiger partial charge in [-0.3, -0.25) is 14.9 Å². The van der Waals surface area contributed by atoms with Gasteiger partial charge in [-0.2, -0.15) is 0 Å². The predicted octanol–water partition coefficient (Wildman–Crippen LogP) is 4.78. The van der Waals surface area contributed by atoms with E-state index in [1.165, 1.54) is 22.4 Å². The SMILES string of the molecule is Cc1ccc(CN(Cc2ccncc2)Cc2cccn2-c2ccncc2)cc1. The van der Waals surface area contributed by atoms with Crippen molar-refractivity contribution < 1.29 is 0 Å². The molecule has 0 saturated heterocycles. The molecule has 4 rings (SSSR count). The zero-order valence-electron chi connectivity index (χ0n) is 16.1. The monoisotopic (exact) mass is 368 g/mol. The Kier molecular flexibility index (Phi) is 5.59. The Morgan fingerprint density at radius 1 is 0.714 bits per heavy atom. The molecule has 0 saturated carbocycles. The van der Waals surface area contributed by atoms with Gasteiger partial charge in [0.25, 0.3) is 0 Å². The minimum absolute atomic E-state index is 0.853. The third-order valence-corrected chi connectivity index (χ3v) is 4.84. The molecule has 140 valence electrons. The van der Waals surface area contributed by atoms with Crippen LogP contribution >= 0.6 is 0 Å². The Bertz CT molecular complexity index is 992. The van der Waals surface area contributed by atoms with Crippen LogP contribution in [0, 0.1) is 6.92 Å². The van der Waals surface area contributed by atoms with Crippen molar-refractivity contribution in [1.29, 1.82) is 0 Å². The molecule has 0 aliphatic carbocycles. The molecule has 0 N–H and O–H groups in total. The van der Waals surface area contributed by atoms with Gasteiger partial charge in [-0.05, 0) is 54.4 Å². The smallest absolute Gasteiger partial charge is 0.0483 e. The molecule has 0 unspecified atom stereocenters. The Balaban J connectivity index is 1.59. The molecule has 0 bridgehead atoms. The van der Waals surface area contributed by atoms with Crippen molar-refractivity contribution in [2.45, 2.75) is 26.6 Å². The summed E-state index contributed by atoms with van der Waals surface area (Å²) in [6.07, 6.45) is 9.50. The molecule has 0 fully saturated rings. The van der Waals surface area contributed by atoms with E-state index in [0.29, 0.717) is 0 Å². The number of nitrogens with zero attached hydrogens (tertiary/aromatic N) is 4. The van der Waals surface area contributed by atoms with E-state index in [9.17, 15) is 0 Å². The third kappa shape index (κ3) is 4.53. The highest BCUT2D eigenvalue weighted by Gasteiger charge is 2.12. The zero-order chi connectivity index (χ0) is 19.2. The lowest BCUT2D eigenvalue weighted by molar-refractivity contribution is 0.243. The van der Waals surface area contributed by atoms with Gasteiger partial charge in [-0.1, -0.05) is 29.8 Å². The van der Waals surface area contributed by atoms with E-state index in [1.54, 1.807) is 0 Å². The average molecular weight is 368 g/mol. The molecular weight excluding hydrogens is 344 g/mol. The summed E-state index contributed by atoms with van der Waals surface area (Å²) >= 11 is 0. The molecule has 4 nitrogen and oxygen atoms in total. The molecule has 0 aliphatic rings. The number of rotatable bonds is 7. The van der Waals surface area contributed by atoms with Gasteiger partial charge in [-0.25, -0.2) is 0 Å². The summed E-state index contributed by atoms with van der Waals surface area (Å²) in [6, 6.07) is 21.3. The topological polar surface area (TPSA) is 34.0 Å². The van der Waals surface area contributed by atoms with Crippen LogP contribution in [0.3, 0.4) is 0 Å². The molecule has 0 spiro atoms. The van der Waals surface area contributed by atoms with Gasteiger partial charge >= 0.3 is 0 Å². The van der Waals surface area contributed by atoms with Crippen LogP contribution in [0.15, 0.2) is 91.6 Å². The summed E-state index contributed by atoms with van der Waals surface area (Å²) < 4.78 is 2.23. The van der Waals surface area contributed by atoms with Gasteiger partial charge in [0.1, 0.15) is 0 Å². The Labute approximate surface area is 166 Å². The van der Waals surface area contributed by atoms with Crippen molar-refractivity contribution in [3.05, 3.63) is 114 Å². The maximum atomic E-state index is 4.15. The van der Waals surface area contributed by atoms with E-state index in [-0.39, 0.29) is 0 Å². The van der Waals surface area contributed by atoms with Crippen LogP contribution in [0.2, 0.25) is 0 Å². The first-order valence-corrected chi connectivity index (χ1v) is 9.51. The largest absolute Gasteiger partial charge is 0.319 e. The molecule has 0 radical (unpaired) electrons. The quantitative estimate of drug-likeness (QED) is 0.471. The molecule has 28 heavy (non-hydrogen) atoms. The molecule has 4 aromatic rings. The van der Waals surface area contributed by atoms with E-state index in [1.807, 2.05) is 36.9 Å². The normalized spacial score (nSPS) is 11.1. The molecular formula is C24H24N4. The Hall–Kier alpha value is -3.24. The fraction of sp³-hybridized carbons (Fsp3) is 0.167. The number of benzene rings is 1. The van der Waals surface area contributed by atoms with Gasteiger partial charge in [0.2, 0.25) is 0 Å². The lowest BCUT2D eigenvalue weighted by atomic mass is 10.1. The highest BCUT2D eigenvalue weighted by Crippen LogP contribution is 2.18. The van der Waals surface area contributed by atoms with Gasteiger partial charge in [0.15, 0.2) is 0 Å². The van der Waals surface area contributed by atoms with E-state index in [2.05, 4.69) is 81.1 Å². The molecule has 4 heteroatoms. The van der Waals surface area contributed by atoms with Gasteiger partial charge in [0.05, 0.1) is 0 Å². The number of aryl methyl sites for hydroxylation is 1. The first-order valence-electron chi connectivity index (χ1n) is 9.51. The maximum absolute atomic E-state index is 4.15.